The SMILES string of the molecule is COc1cc(F)ccc1NCC1Cc2ccccc2S1. The van der Waals surface area contributed by atoms with Crippen LogP contribution in [-0.2, 0) is 6.42 Å². The summed E-state index contributed by atoms with van der Waals surface area (Å²) >= 11 is 1.89. The maximum Gasteiger partial charge on any atom is 0.144 e. The Morgan fingerprint density at radius 1 is 1.30 bits per heavy atom. The van der Waals surface area contributed by atoms with E-state index in [0.717, 1.165) is 18.7 Å². The second kappa shape index (κ2) is 5.75. The molecule has 2 nitrogen and oxygen atoms in total. The molecule has 3 rings (SSSR count). The molecular formula is C16H16FNOS. The number of hydrogen-bond acceptors (Lipinski definition) is 3. The maximum absolute atomic E-state index is 13.1. The first kappa shape index (κ1) is 13.3. The van der Waals surface area contributed by atoms with E-state index in [4.69, 9.17) is 4.74 Å². The van der Waals surface area contributed by atoms with E-state index in [-0.39, 0.29) is 5.82 Å². The molecule has 2 aromatic carbocycles. The van der Waals surface area contributed by atoms with Crippen molar-refractivity contribution in [2.45, 2.75) is 16.6 Å². The van der Waals surface area contributed by atoms with Crippen LogP contribution in [0.15, 0.2) is 47.4 Å². The lowest BCUT2D eigenvalue weighted by atomic mass is 10.1. The van der Waals surface area contributed by atoms with Crippen molar-refractivity contribution in [2.75, 3.05) is 19.0 Å². The minimum absolute atomic E-state index is 0.282. The van der Waals surface area contributed by atoms with Gasteiger partial charge in [0, 0.05) is 22.8 Å². The van der Waals surface area contributed by atoms with E-state index >= 15 is 0 Å². The fraction of sp³-hybridized carbons (Fsp3) is 0.250. The van der Waals surface area contributed by atoms with E-state index in [0.29, 0.717) is 11.0 Å². The molecule has 0 fully saturated rings. The molecule has 0 saturated heterocycles. The molecule has 20 heavy (non-hydrogen) atoms. The summed E-state index contributed by atoms with van der Waals surface area (Å²) in [4.78, 5) is 1.37. The number of nitrogens with one attached hydrogen (secondary N) is 1. The molecule has 1 heterocycles. The number of hydrogen-bond donors (Lipinski definition) is 1. The third-order valence-corrected chi connectivity index (χ3v) is 4.72. The van der Waals surface area contributed by atoms with E-state index < -0.39 is 0 Å². The zero-order chi connectivity index (χ0) is 13.9. The van der Waals surface area contributed by atoms with E-state index in [2.05, 4.69) is 29.6 Å². The molecule has 1 unspecified atom stereocenters. The second-order valence-electron chi connectivity index (χ2n) is 4.78. The Labute approximate surface area is 122 Å². The van der Waals surface area contributed by atoms with Gasteiger partial charge in [-0.05, 0) is 30.2 Å². The Balaban J connectivity index is 1.64. The molecule has 1 atom stereocenters. The summed E-state index contributed by atoms with van der Waals surface area (Å²) in [5.74, 6) is 0.264. The summed E-state index contributed by atoms with van der Waals surface area (Å²) in [5, 5.41) is 3.86. The first-order valence-corrected chi connectivity index (χ1v) is 7.46. The molecule has 1 aliphatic heterocycles. The summed E-state index contributed by atoms with van der Waals surface area (Å²) in [6.45, 7) is 0.835. The lowest BCUT2D eigenvalue weighted by molar-refractivity contribution is 0.413. The smallest absolute Gasteiger partial charge is 0.144 e. The van der Waals surface area contributed by atoms with Crippen molar-refractivity contribution in [2.24, 2.45) is 0 Å². The van der Waals surface area contributed by atoms with Crippen molar-refractivity contribution in [3.8, 4) is 5.75 Å². The van der Waals surface area contributed by atoms with Gasteiger partial charge in [-0.2, -0.15) is 0 Å². The highest BCUT2D eigenvalue weighted by Crippen LogP contribution is 2.37. The third kappa shape index (κ3) is 2.75. The summed E-state index contributed by atoms with van der Waals surface area (Å²) in [6, 6.07) is 13.1. The van der Waals surface area contributed by atoms with Crippen molar-refractivity contribution in [1.29, 1.82) is 0 Å². The van der Waals surface area contributed by atoms with Gasteiger partial charge in [0.2, 0.25) is 0 Å². The van der Waals surface area contributed by atoms with Crippen molar-refractivity contribution < 1.29 is 9.13 Å². The van der Waals surface area contributed by atoms with Crippen molar-refractivity contribution in [1.82, 2.24) is 0 Å². The normalized spacial score (nSPS) is 16.8. The van der Waals surface area contributed by atoms with Crippen LogP contribution in [0.4, 0.5) is 10.1 Å². The summed E-state index contributed by atoms with van der Waals surface area (Å²) in [7, 11) is 1.56. The number of rotatable bonds is 4. The third-order valence-electron chi connectivity index (χ3n) is 3.40. The van der Waals surface area contributed by atoms with Gasteiger partial charge in [-0.15, -0.1) is 11.8 Å². The molecule has 0 bridgehead atoms. The molecule has 0 radical (unpaired) electrons. The average molecular weight is 289 g/mol. The zero-order valence-electron chi connectivity index (χ0n) is 11.2. The summed E-state index contributed by atoms with van der Waals surface area (Å²) < 4.78 is 18.3. The van der Waals surface area contributed by atoms with Gasteiger partial charge < -0.3 is 10.1 Å². The van der Waals surface area contributed by atoms with Gasteiger partial charge in [0.25, 0.3) is 0 Å². The molecule has 4 heteroatoms. The van der Waals surface area contributed by atoms with Crippen LogP contribution < -0.4 is 10.1 Å². The molecule has 0 amide bonds. The largest absolute Gasteiger partial charge is 0.494 e. The summed E-state index contributed by atoms with van der Waals surface area (Å²) in [6.07, 6.45) is 1.07. The molecule has 0 spiro atoms. The Bertz CT molecular complexity index is 592. The fourth-order valence-electron chi connectivity index (χ4n) is 2.40. The lowest BCUT2D eigenvalue weighted by Gasteiger charge is -2.14. The van der Waals surface area contributed by atoms with E-state index in [9.17, 15) is 4.39 Å². The predicted molar refractivity (Wildman–Crippen MR) is 81.2 cm³/mol. The first-order valence-electron chi connectivity index (χ1n) is 6.58. The maximum atomic E-state index is 13.1. The average Bonchev–Trinajstić information content (AvgIpc) is 2.88. The van der Waals surface area contributed by atoms with Crippen LogP contribution in [0.3, 0.4) is 0 Å². The summed E-state index contributed by atoms with van der Waals surface area (Å²) in [5.41, 5.74) is 2.25. The van der Waals surface area contributed by atoms with Crippen LogP contribution >= 0.6 is 11.8 Å². The first-order chi connectivity index (χ1) is 9.76. The van der Waals surface area contributed by atoms with Crippen LogP contribution in [0.25, 0.3) is 0 Å². The molecule has 2 aromatic rings. The van der Waals surface area contributed by atoms with Gasteiger partial charge in [-0.3, -0.25) is 0 Å². The van der Waals surface area contributed by atoms with Crippen molar-refractivity contribution in [3.05, 3.63) is 53.8 Å². The zero-order valence-corrected chi connectivity index (χ0v) is 12.0. The van der Waals surface area contributed by atoms with Crippen LogP contribution in [0.1, 0.15) is 5.56 Å². The highest BCUT2D eigenvalue weighted by atomic mass is 32.2. The van der Waals surface area contributed by atoms with Gasteiger partial charge in [0.1, 0.15) is 11.6 Å². The topological polar surface area (TPSA) is 21.3 Å². The lowest BCUT2D eigenvalue weighted by Crippen LogP contribution is -2.16. The quantitative estimate of drug-likeness (QED) is 0.920. The number of methoxy groups -OCH3 is 1. The van der Waals surface area contributed by atoms with E-state index in [1.165, 1.54) is 22.6 Å². The number of benzene rings is 2. The molecule has 0 aromatic heterocycles. The Morgan fingerprint density at radius 2 is 2.15 bits per heavy atom. The standard InChI is InChI=1S/C16H16FNOS/c1-19-15-9-12(17)6-7-14(15)18-10-13-8-11-4-2-3-5-16(11)20-13/h2-7,9,13,18H,8,10H2,1H3. The number of thioether (sulfide) groups is 1. The van der Waals surface area contributed by atoms with Crippen LogP contribution in [0.2, 0.25) is 0 Å². The van der Waals surface area contributed by atoms with Crippen molar-refractivity contribution in [3.63, 3.8) is 0 Å². The van der Waals surface area contributed by atoms with Gasteiger partial charge in [-0.25, -0.2) is 4.39 Å². The Morgan fingerprint density at radius 3 is 2.95 bits per heavy atom. The Kier molecular flexibility index (Phi) is 3.83. The van der Waals surface area contributed by atoms with E-state index in [1.807, 2.05) is 11.8 Å². The Hall–Kier alpha value is -1.68. The van der Waals surface area contributed by atoms with Gasteiger partial charge >= 0.3 is 0 Å². The minimum Gasteiger partial charge on any atom is -0.494 e. The molecule has 104 valence electrons. The number of fused-ring (bicyclic) bond motifs is 1. The number of anilines is 1. The highest BCUT2D eigenvalue weighted by molar-refractivity contribution is 8.00. The molecule has 1 N–H and O–H groups in total. The molecule has 0 aliphatic carbocycles. The van der Waals surface area contributed by atoms with Crippen LogP contribution in [0, 0.1) is 5.82 Å². The monoisotopic (exact) mass is 289 g/mol. The molecule has 1 aliphatic rings. The predicted octanol–water partition coefficient (Wildman–Crippen LogP) is 3.96. The van der Waals surface area contributed by atoms with Crippen molar-refractivity contribution >= 4 is 17.4 Å². The molecular weight excluding hydrogens is 273 g/mol. The number of halogens is 1. The minimum atomic E-state index is -0.282. The van der Waals surface area contributed by atoms with Gasteiger partial charge in [0.15, 0.2) is 0 Å². The number of ether oxygens (including phenoxy) is 1. The van der Waals surface area contributed by atoms with Gasteiger partial charge in [-0.1, -0.05) is 18.2 Å². The fourth-order valence-corrected chi connectivity index (χ4v) is 3.65. The van der Waals surface area contributed by atoms with Crippen LogP contribution in [-0.4, -0.2) is 18.9 Å². The van der Waals surface area contributed by atoms with Crippen LogP contribution in [0.5, 0.6) is 5.75 Å². The highest BCUT2D eigenvalue weighted by Gasteiger charge is 2.21. The second-order valence-corrected chi connectivity index (χ2v) is 6.12. The van der Waals surface area contributed by atoms with Gasteiger partial charge in [0.05, 0.1) is 12.8 Å². The van der Waals surface area contributed by atoms with E-state index in [1.54, 1.807) is 13.2 Å². The molecule has 0 saturated carbocycles.